The topological polar surface area (TPSA) is 105 Å². The van der Waals surface area contributed by atoms with Crippen LogP contribution in [0.4, 0.5) is 0 Å². The summed E-state index contributed by atoms with van der Waals surface area (Å²) in [6.45, 7) is 2.18. The molecule has 0 bridgehead atoms. The monoisotopic (exact) mass is 419 g/mol. The molecule has 1 N–H and O–H groups in total. The molecule has 0 fully saturated rings. The van der Waals surface area contributed by atoms with E-state index in [-0.39, 0.29) is 36.2 Å². The fourth-order valence-corrected chi connectivity index (χ4v) is 4.66. The van der Waals surface area contributed by atoms with Gasteiger partial charge >= 0.3 is 5.97 Å². The minimum absolute atomic E-state index is 0.0461. The number of amides is 1. The van der Waals surface area contributed by atoms with Gasteiger partial charge in [0.05, 0.1) is 17.9 Å². The van der Waals surface area contributed by atoms with E-state index in [1.807, 2.05) is 6.92 Å². The Balaban J connectivity index is 1.50. The van der Waals surface area contributed by atoms with E-state index in [0.717, 1.165) is 31.4 Å². The maximum atomic E-state index is 12.4. The molecule has 1 aromatic carbocycles. The number of ether oxygens (including phenoxy) is 1. The van der Waals surface area contributed by atoms with Gasteiger partial charge < -0.3 is 9.64 Å². The number of allylic oxidation sites excluding steroid dienone is 2. The summed E-state index contributed by atoms with van der Waals surface area (Å²) in [4.78, 5) is 30.3. The summed E-state index contributed by atoms with van der Waals surface area (Å²) in [5.74, 6) is -0.575. The zero-order valence-corrected chi connectivity index (χ0v) is 17.2. The number of fused-ring (bicyclic) bond motifs is 1. The highest BCUT2D eigenvalue weighted by Crippen LogP contribution is 2.22. The third-order valence-electron chi connectivity index (χ3n) is 4.84. The number of nitrogens with zero attached hydrogens (tertiary/aromatic N) is 2. The number of hydrogen-bond acceptors (Lipinski definition) is 6. The minimum Gasteiger partial charge on any atom is -0.455 e. The first-order chi connectivity index (χ1) is 13.9. The number of aliphatic imine (C=N–C) groups is 1. The van der Waals surface area contributed by atoms with Gasteiger partial charge in [-0.1, -0.05) is 18.2 Å². The molecule has 0 unspecified atom stereocenters. The van der Waals surface area contributed by atoms with Gasteiger partial charge in [-0.2, -0.15) is 0 Å². The second-order valence-electron chi connectivity index (χ2n) is 6.82. The van der Waals surface area contributed by atoms with Crippen LogP contribution in [0.5, 0.6) is 0 Å². The van der Waals surface area contributed by atoms with Crippen LogP contribution in [-0.4, -0.2) is 50.7 Å². The van der Waals surface area contributed by atoms with E-state index in [9.17, 15) is 18.0 Å². The van der Waals surface area contributed by atoms with Crippen LogP contribution >= 0.6 is 0 Å². The number of amidine groups is 1. The third kappa shape index (κ3) is 5.03. The van der Waals surface area contributed by atoms with Crippen LogP contribution < -0.4 is 4.72 Å². The molecule has 8 nitrogen and oxygen atoms in total. The number of nitrogens with one attached hydrogen (secondary N) is 1. The largest absolute Gasteiger partial charge is 0.455 e. The van der Waals surface area contributed by atoms with Crippen molar-refractivity contribution in [3.05, 3.63) is 41.6 Å². The highest BCUT2D eigenvalue weighted by molar-refractivity contribution is 7.90. The number of benzene rings is 1. The number of sulfonamides is 1. The lowest BCUT2D eigenvalue weighted by Gasteiger charge is -2.26. The summed E-state index contributed by atoms with van der Waals surface area (Å²) < 4.78 is 31.5. The third-order valence-corrected chi connectivity index (χ3v) is 6.23. The van der Waals surface area contributed by atoms with Crippen molar-refractivity contribution in [2.45, 2.75) is 43.9 Å². The Hall–Kier alpha value is -2.68. The van der Waals surface area contributed by atoms with Crippen molar-refractivity contribution in [2.75, 3.05) is 19.7 Å². The molecule has 156 valence electrons. The predicted octanol–water partition coefficient (Wildman–Crippen LogP) is 1.96. The van der Waals surface area contributed by atoms with Crippen molar-refractivity contribution in [3.8, 4) is 0 Å². The number of carbonyl (C=O) groups is 2. The standard InChI is InChI=1S/C20H25N3O5S/c1-2-23(15-8-4-3-5-9-15)18(24)14-28-19(25)12-13-21-20-16-10-6-7-11-17(16)29(26,27)22-20/h6-8,10-11H,2-5,9,12-14H2,1H3,(H,21,22). The molecular formula is C20H25N3O5S. The molecule has 29 heavy (non-hydrogen) atoms. The van der Waals surface area contributed by atoms with Crippen molar-refractivity contribution in [1.29, 1.82) is 0 Å². The number of hydrogen-bond donors (Lipinski definition) is 1. The van der Waals surface area contributed by atoms with E-state index in [2.05, 4.69) is 15.8 Å². The molecule has 1 aliphatic carbocycles. The van der Waals surface area contributed by atoms with Crippen molar-refractivity contribution in [2.24, 2.45) is 4.99 Å². The molecule has 9 heteroatoms. The van der Waals surface area contributed by atoms with E-state index in [4.69, 9.17) is 4.74 Å². The zero-order valence-electron chi connectivity index (χ0n) is 16.4. The molecule has 0 saturated carbocycles. The summed E-state index contributed by atoms with van der Waals surface area (Å²) in [5, 5.41) is 0. The Kier molecular flexibility index (Phi) is 6.68. The molecule has 0 radical (unpaired) electrons. The van der Waals surface area contributed by atoms with E-state index in [1.165, 1.54) is 6.07 Å². The molecule has 0 spiro atoms. The van der Waals surface area contributed by atoms with Gasteiger partial charge in [-0.05, 0) is 44.7 Å². The predicted molar refractivity (Wildman–Crippen MR) is 108 cm³/mol. The highest BCUT2D eigenvalue weighted by atomic mass is 32.2. The van der Waals surface area contributed by atoms with Crippen LogP contribution in [0.15, 0.2) is 45.9 Å². The van der Waals surface area contributed by atoms with Crippen LogP contribution in [0, 0.1) is 0 Å². The Morgan fingerprint density at radius 2 is 2.03 bits per heavy atom. The summed E-state index contributed by atoms with van der Waals surface area (Å²) in [6.07, 6.45) is 6.04. The van der Waals surface area contributed by atoms with Gasteiger partial charge in [0.25, 0.3) is 15.9 Å². The first-order valence-electron chi connectivity index (χ1n) is 9.74. The minimum atomic E-state index is -3.60. The van der Waals surface area contributed by atoms with Crippen molar-refractivity contribution >= 4 is 27.7 Å². The van der Waals surface area contributed by atoms with Crippen LogP contribution in [0.2, 0.25) is 0 Å². The molecule has 3 rings (SSSR count). The Labute approximate surface area is 170 Å². The SMILES string of the molecule is CCN(C(=O)COC(=O)CCN=C1NS(=O)(=O)c2ccccc21)C1=CCCCC1. The number of rotatable bonds is 7. The molecule has 2 aliphatic rings. The summed E-state index contributed by atoms with van der Waals surface area (Å²) in [7, 11) is -3.60. The zero-order chi connectivity index (χ0) is 20.9. The van der Waals surface area contributed by atoms with Gasteiger partial charge in [0.15, 0.2) is 6.61 Å². The number of likely N-dealkylation sites (N-methyl/N-ethyl adjacent to an activating group) is 1. The van der Waals surface area contributed by atoms with Crippen molar-refractivity contribution in [3.63, 3.8) is 0 Å². The Morgan fingerprint density at radius 1 is 1.24 bits per heavy atom. The first kappa shape index (κ1) is 21.0. The van der Waals surface area contributed by atoms with E-state index in [1.54, 1.807) is 23.1 Å². The fourth-order valence-electron chi connectivity index (χ4n) is 3.41. The molecular weight excluding hydrogens is 394 g/mol. The van der Waals surface area contributed by atoms with Gasteiger partial charge in [0, 0.05) is 17.8 Å². The van der Waals surface area contributed by atoms with Gasteiger partial charge in [-0.25, -0.2) is 8.42 Å². The van der Waals surface area contributed by atoms with Crippen LogP contribution in [0.25, 0.3) is 0 Å². The lowest BCUT2D eigenvalue weighted by atomic mass is 10.0. The lowest BCUT2D eigenvalue weighted by molar-refractivity contribution is -0.151. The van der Waals surface area contributed by atoms with E-state index < -0.39 is 16.0 Å². The molecule has 1 heterocycles. The number of esters is 1. The average molecular weight is 420 g/mol. The maximum Gasteiger partial charge on any atom is 0.308 e. The van der Waals surface area contributed by atoms with Crippen LogP contribution in [0.3, 0.4) is 0 Å². The Bertz CT molecular complexity index is 953. The van der Waals surface area contributed by atoms with Gasteiger partial charge in [-0.15, -0.1) is 0 Å². The summed E-state index contributed by atoms with van der Waals surface area (Å²) >= 11 is 0. The highest BCUT2D eigenvalue weighted by Gasteiger charge is 2.30. The second kappa shape index (κ2) is 9.21. The van der Waals surface area contributed by atoms with Crippen LogP contribution in [-0.2, 0) is 24.3 Å². The molecule has 0 atom stereocenters. The summed E-state index contributed by atoms with van der Waals surface area (Å²) in [6, 6.07) is 6.51. The molecule has 1 aromatic rings. The second-order valence-corrected chi connectivity index (χ2v) is 8.47. The van der Waals surface area contributed by atoms with E-state index >= 15 is 0 Å². The fraction of sp³-hybridized carbons (Fsp3) is 0.450. The Morgan fingerprint density at radius 3 is 2.76 bits per heavy atom. The maximum absolute atomic E-state index is 12.4. The lowest BCUT2D eigenvalue weighted by Crippen LogP contribution is -2.34. The average Bonchev–Trinajstić information content (AvgIpc) is 2.98. The molecule has 1 aliphatic heterocycles. The molecule has 0 aromatic heterocycles. The van der Waals surface area contributed by atoms with Gasteiger partial charge in [-0.3, -0.25) is 19.3 Å². The van der Waals surface area contributed by atoms with E-state index in [0.29, 0.717) is 12.1 Å². The van der Waals surface area contributed by atoms with Gasteiger partial charge in [0.2, 0.25) is 0 Å². The number of carbonyl (C=O) groups excluding carboxylic acids is 2. The summed E-state index contributed by atoms with van der Waals surface area (Å²) in [5.41, 5.74) is 1.48. The van der Waals surface area contributed by atoms with Crippen molar-refractivity contribution < 1.29 is 22.7 Å². The quantitative estimate of drug-likeness (QED) is 0.680. The first-order valence-corrected chi connectivity index (χ1v) is 11.2. The molecule has 1 amide bonds. The molecule has 0 saturated heterocycles. The smallest absolute Gasteiger partial charge is 0.308 e. The van der Waals surface area contributed by atoms with Crippen molar-refractivity contribution in [1.82, 2.24) is 9.62 Å². The van der Waals surface area contributed by atoms with Crippen LogP contribution in [0.1, 0.15) is 44.6 Å². The normalized spacial score (nSPS) is 18.5. The van der Waals surface area contributed by atoms with Gasteiger partial charge in [0.1, 0.15) is 5.84 Å².